The van der Waals surface area contributed by atoms with Crippen LogP contribution in [0.5, 0.6) is 0 Å². The first-order valence-electron chi connectivity index (χ1n) is 9.91. The van der Waals surface area contributed by atoms with Crippen LogP contribution in [0.15, 0.2) is 0 Å². The van der Waals surface area contributed by atoms with Gasteiger partial charge < -0.3 is 21.3 Å². The molecular weight excluding hydrogens is 918 g/mol. The third-order valence-electron chi connectivity index (χ3n) is 0.704. The van der Waals surface area contributed by atoms with E-state index in [0.717, 1.165) is 0 Å². The van der Waals surface area contributed by atoms with E-state index >= 15 is 0 Å². The fraction of sp³-hybridized carbons (Fsp3) is 0.905. The van der Waals surface area contributed by atoms with Crippen LogP contribution < -0.4 is 21.3 Å². The first kappa shape index (κ1) is 101. The van der Waals surface area contributed by atoms with Gasteiger partial charge in [0.2, 0.25) is 11.8 Å². The fourth-order valence-corrected chi connectivity index (χ4v) is 0. The summed E-state index contributed by atoms with van der Waals surface area (Å²) in [4.78, 5) is 19.4. The molecule has 0 aromatic carbocycles. The van der Waals surface area contributed by atoms with Crippen molar-refractivity contribution >= 4 is 25.3 Å². The molecule has 0 unspecified atom stereocenters. The maximum absolute atomic E-state index is 9.70. The molecule has 11 heteroatoms. The van der Waals surface area contributed by atoms with Gasteiger partial charge in [-0.1, -0.05) is 76.7 Å². The molecule has 0 spiro atoms. The van der Waals surface area contributed by atoms with Crippen LogP contribution >= 0.6 is 13.5 Å². The van der Waals surface area contributed by atoms with E-state index in [1.54, 1.807) is 14.1 Å². The van der Waals surface area contributed by atoms with E-state index in [9.17, 15) is 9.59 Å². The number of amides is 2. The summed E-state index contributed by atoms with van der Waals surface area (Å²) >= 11 is 0. The van der Waals surface area contributed by atoms with Gasteiger partial charge >= 0.3 is 0 Å². The van der Waals surface area contributed by atoms with Gasteiger partial charge in [-0.15, -0.1) is 0 Å². The van der Waals surface area contributed by atoms with Crippen molar-refractivity contribution in [2.24, 2.45) is 0 Å². The van der Waals surface area contributed by atoms with Crippen LogP contribution in [0.4, 0.5) is 0 Å². The van der Waals surface area contributed by atoms with E-state index in [4.69, 9.17) is 0 Å². The molecule has 2 radical (unpaired) electrons. The Kier molecular flexibility index (Phi) is 704. The Labute approximate surface area is 294 Å². The average molecular weight is 986 g/mol. The normalized spacial score (nSPS) is 4.19. The number of hydrogen-bond donors (Lipinski definition) is 4. The Balaban J connectivity index is -0.00000000705. The van der Waals surface area contributed by atoms with Gasteiger partial charge in [0.05, 0.1) is 0 Å². The summed E-state index contributed by atoms with van der Waals surface area (Å²) in [7, 11) is 10.7. The third-order valence-corrected chi connectivity index (χ3v) is 0.704. The Bertz CT molecular complexity index is 164. The van der Waals surface area contributed by atoms with Gasteiger partial charge in [0.15, 0.2) is 0 Å². The first-order valence-corrected chi connectivity index (χ1v) is 9.91. The number of hydrogen-bond acceptors (Lipinski definition) is 4. The van der Waals surface area contributed by atoms with Gasteiger partial charge in [0, 0.05) is 137 Å². The molecule has 6 nitrogen and oxygen atoms in total. The fourth-order valence-electron chi connectivity index (χ4n) is 0. The molecule has 0 fully saturated rings. The summed E-state index contributed by atoms with van der Waals surface area (Å²) < 4.78 is 0. The zero-order valence-corrected chi connectivity index (χ0v) is 36.8. The zero-order chi connectivity index (χ0) is 24.0. The summed E-state index contributed by atoms with van der Waals surface area (Å²) in [6.07, 6.45) is 0. The summed E-state index contributed by atoms with van der Waals surface area (Å²) in [6.45, 7) is 22.9. The van der Waals surface area contributed by atoms with Crippen molar-refractivity contribution in [1.82, 2.24) is 21.3 Å². The second-order valence-corrected chi connectivity index (χ2v) is 2.61. The van der Waals surface area contributed by atoms with Gasteiger partial charge in [-0.2, -0.15) is 13.5 Å². The quantitative estimate of drug-likeness (QED) is 0.266. The minimum atomic E-state index is 0. The van der Waals surface area contributed by atoms with Crippen LogP contribution in [-0.4, -0.2) is 54.1 Å². The molecule has 0 aromatic rings. The Morgan fingerprint density at radius 1 is 0.500 bits per heavy atom. The zero-order valence-electron chi connectivity index (χ0n) is 24.3. The Morgan fingerprint density at radius 3 is 0.531 bits per heavy atom. The monoisotopic (exact) mass is 986 g/mol. The first-order chi connectivity index (χ1) is 12.4. The maximum atomic E-state index is 9.70. The van der Waals surface area contributed by atoms with Crippen molar-refractivity contribution in [3.8, 4) is 0 Å². The summed E-state index contributed by atoms with van der Waals surface area (Å²) in [5, 5.41) is 10.3. The van der Waals surface area contributed by atoms with Gasteiger partial charge in [0.25, 0.3) is 0 Å². The molecule has 0 aliphatic carbocycles. The largest absolute Gasteiger partial charge is 0.359 e. The molecule has 0 aliphatic heterocycles. The molecule has 32 heavy (non-hydrogen) atoms. The minimum absolute atomic E-state index is 0. The maximum Gasteiger partial charge on any atom is 0.216 e. The Morgan fingerprint density at radius 2 is 0.531 bits per heavy atom. The van der Waals surface area contributed by atoms with Crippen LogP contribution in [0.3, 0.4) is 0 Å². The number of carbonyl (C=O) groups is 2. The smallest absolute Gasteiger partial charge is 0.216 e. The number of rotatable bonds is 0. The Hall–Kier alpha value is 2.79. The van der Waals surface area contributed by atoms with Gasteiger partial charge in [-0.25, -0.2) is 0 Å². The molecule has 0 aromatic heterocycles. The third kappa shape index (κ3) is 718. The molecule has 0 atom stereocenters. The number of carbonyl (C=O) groups excluding carboxylic acids is 2. The van der Waals surface area contributed by atoms with Crippen molar-refractivity contribution in [3.05, 3.63) is 0 Å². The van der Waals surface area contributed by atoms with Crippen molar-refractivity contribution < 1.29 is 119 Å². The van der Waals surface area contributed by atoms with Crippen LogP contribution in [-0.2, 0) is 117 Å². The van der Waals surface area contributed by atoms with E-state index in [2.05, 4.69) is 21.3 Å². The molecule has 4 N–H and O–H groups in total. The number of nitrogens with one attached hydrogen (secondary N) is 4. The van der Waals surface area contributed by atoms with Crippen molar-refractivity contribution in [1.29, 1.82) is 0 Å². The van der Waals surface area contributed by atoms with Crippen LogP contribution in [0.2, 0.25) is 0 Å². The van der Waals surface area contributed by atoms with Crippen molar-refractivity contribution in [2.75, 3.05) is 42.3 Å². The van der Waals surface area contributed by atoms with E-state index in [1.165, 1.54) is 13.8 Å². The molecular formula is C21H66N4O2SW2Y2. The van der Waals surface area contributed by atoms with Crippen LogP contribution in [0.1, 0.15) is 91.9 Å². The van der Waals surface area contributed by atoms with E-state index in [0.29, 0.717) is 0 Å². The average Bonchev–Trinajstić information content (AvgIpc) is 2.71. The molecule has 0 saturated carbocycles. The van der Waals surface area contributed by atoms with Crippen molar-refractivity contribution in [3.63, 3.8) is 0 Å². The molecule has 0 saturated heterocycles. The van der Waals surface area contributed by atoms with E-state index < -0.39 is 0 Å². The predicted molar refractivity (Wildman–Crippen MR) is 145 cm³/mol. The summed E-state index contributed by atoms with van der Waals surface area (Å²) in [6, 6.07) is 0. The molecule has 0 aliphatic rings. The van der Waals surface area contributed by atoms with Gasteiger partial charge in [-0.05, 0) is 28.2 Å². The molecule has 0 heterocycles. The molecule has 0 bridgehead atoms. The second kappa shape index (κ2) is 222. The van der Waals surface area contributed by atoms with Crippen LogP contribution in [0.25, 0.3) is 0 Å². The van der Waals surface area contributed by atoms with E-state index in [1.807, 2.05) is 97.4 Å². The topological polar surface area (TPSA) is 82.3 Å². The van der Waals surface area contributed by atoms with Crippen molar-refractivity contribution in [2.45, 2.75) is 90.5 Å². The second-order valence-electron chi connectivity index (χ2n) is 2.61. The van der Waals surface area contributed by atoms with Gasteiger partial charge in [0.1, 0.15) is 0 Å². The van der Waals surface area contributed by atoms with Crippen LogP contribution in [0, 0.1) is 0 Å². The summed E-state index contributed by atoms with van der Waals surface area (Å²) in [5.74, 6) is 0.00926. The summed E-state index contributed by atoms with van der Waals surface area (Å²) in [5.41, 5.74) is 0. The molecule has 0 rings (SSSR count). The molecule has 2 amide bonds. The molecule has 206 valence electrons. The van der Waals surface area contributed by atoms with E-state index in [-0.39, 0.29) is 142 Å². The standard InChI is InChI=1S/2C3H7NO.2C2H7N.5C2H6.CH4.H2S.2W.2Y.H2/c2*1-3(5)4-2;2*1-3-2;5*1-2;;;;;;;/h2*1-2H3,(H,4,5);2*3H,1-2H3;5*1-2H3;1H4;1H2;;;;;1H/i;;;;;;;;;;;;;;;1+2. The SMILES string of the molecule is C.CC.CC.CC.CC.CC.CNC.CNC.CNC(C)=O.CNC(C)=O.S.[3HH].[W].[W].[Y].[Y]. The minimum Gasteiger partial charge on any atom is -0.359 e. The predicted octanol–water partition coefficient (Wildman–Crippen LogP) is 5.29. The van der Waals surface area contributed by atoms with Gasteiger partial charge in [-0.3, -0.25) is 9.59 Å².